The van der Waals surface area contributed by atoms with Crippen molar-refractivity contribution in [2.24, 2.45) is 11.8 Å². The van der Waals surface area contributed by atoms with E-state index >= 15 is 0 Å². The average Bonchev–Trinajstić information content (AvgIpc) is 2.42. The molecule has 0 radical (unpaired) electrons. The van der Waals surface area contributed by atoms with E-state index in [9.17, 15) is 19.1 Å². The van der Waals surface area contributed by atoms with Gasteiger partial charge >= 0.3 is 5.97 Å². The first-order chi connectivity index (χ1) is 10.3. The maximum atomic E-state index is 13.1. The van der Waals surface area contributed by atoms with Crippen LogP contribution >= 0.6 is 0 Å². The van der Waals surface area contributed by atoms with Gasteiger partial charge in [-0.3, -0.25) is 9.59 Å². The van der Waals surface area contributed by atoms with Crippen molar-refractivity contribution in [1.29, 1.82) is 0 Å². The summed E-state index contributed by atoms with van der Waals surface area (Å²) >= 11 is 0. The van der Waals surface area contributed by atoms with Crippen molar-refractivity contribution in [2.75, 3.05) is 6.54 Å². The molecule has 0 saturated carbocycles. The van der Waals surface area contributed by atoms with Crippen molar-refractivity contribution in [3.63, 3.8) is 0 Å². The first kappa shape index (κ1) is 18.1. The smallest absolute Gasteiger partial charge is 0.308 e. The molecule has 5 nitrogen and oxygen atoms in total. The fourth-order valence-corrected chi connectivity index (χ4v) is 2.16. The lowest BCUT2D eigenvalue weighted by atomic mass is 9.97. The SMILES string of the molecule is CC(C)CC(CNC(=O)CC(O)c1cccc(F)c1)C(=O)O. The van der Waals surface area contributed by atoms with Crippen molar-refractivity contribution in [3.8, 4) is 0 Å². The summed E-state index contributed by atoms with van der Waals surface area (Å²) in [4.78, 5) is 22.9. The molecule has 0 aliphatic rings. The zero-order chi connectivity index (χ0) is 16.7. The molecule has 0 aliphatic carbocycles. The third-order valence-electron chi connectivity index (χ3n) is 3.26. The molecule has 0 spiro atoms. The number of aliphatic hydroxyl groups excluding tert-OH is 1. The monoisotopic (exact) mass is 311 g/mol. The molecule has 2 atom stereocenters. The molecule has 1 rings (SSSR count). The van der Waals surface area contributed by atoms with Crippen LogP contribution in [0.1, 0.15) is 38.4 Å². The summed E-state index contributed by atoms with van der Waals surface area (Å²) in [7, 11) is 0. The second-order valence-corrected chi connectivity index (χ2v) is 5.74. The number of aliphatic hydroxyl groups is 1. The van der Waals surface area contributed by atoms with E-state index in [2.05, 4.69) is 5.32 Å². The van der Waals surface area contributed by atoms with Gasteiger partial charge in [-0.25, -0.2) is 4.39 Å². The highest BCUT2D eigenvalue weighted by atomic mass is 19.1. The molecule has 0 bridgehead atoms. The molecule has 0 aromatic heterocycles. The first-order valence-corrected chi connectivity index (χ1v) is 7.22. The number of nitrogens with one attached hydrogen (secondary N) is 1. The summed E-state index contributed by atoms with van der Waals surface area (Å²) in [5.74, 6) is -2.36. The summed E-state index contributed by atoms with van der Waals surface area (Å²) in [5.41, 5.74) is 0.312. The van der Waals surface area contributed by atoms with E-state index in [-0.39, 0.29) is 18.9 Å². The maximum absolute atomic E-state index is 13.1. The molecular formula is C16H22FNO4. The van der Waals surface area contributed by atoms with E-state index < -0.39 is 29.7 Å². The van der Waals surface area contributed by atoms with Gasteiger partial charge in [0.15, 0.2) is 0 Å². The fourth-order valence-electron chi connectivity index (χ4n) is 2.16. The van der Waals surface area contributed by atoms with Gasteiger partial charge < -0.3 is 15.5 Å². The van der Waals surface area contributed by atoms with Gasteiger partial charge in [-0.1, -0.05) is 26.0 Å². The minimum absolute atomic E-state index is 0.0161. The second kappa shape index (κ2) is 8.48. The zero-order valence-electron chi connectivity index (χ0n) is 12.8. The van der Waals surface area contributed by atoms with Gasteiger partial charge in [0.1, 0.15) is 5.82 Å². The molecule has 122 valence electrons. The van der Waals surface area contributed by atoms with Gasteiger partial charge in [-0.2, -0.15) is 0 Å². The molecule has 1 aromatic rings. The highest BCUT2D eigenvalue weighted by molar-refractivity contribution is 5.78. The molecule has 1 aromatic carbocycles. The summed E-state index contributed by atoms with van der Waals surface area (Å²) in [5, 5.41) is 21.5. The van der Waals surface area contributed by atoms with Crippen molar-refractivity contribution in [1.82, 2.24) is 5.32 Å². The number of hydrogen-bond acceptors (Lipinski definition) is 3. The van der Waals surface area contributed by atoms with Gasteiger partial charge in [0.25, 0.3) is 0 Å². The summed E-state index contributed by atoms with van der Waals surface area (Å²) < 4.78 is 13.1. The van der Waals surface area contributed by atoms with E-state index in [1.807, 2.05) is 13.8 Å². The summed E-state index contributed by atoms with van der Waals surface area (Å²) in [6.07, 6.45) is -0.899. The number of carboxylic acid groups (broad SMARTS) is 1. The second-order valence-electron chi connectivity index (χ2n) is 5.74. The van der Waals surface area contributed by atoms with Crippen LogP contribution in [-0.4, -0.2) is 28.6 Å². The highest BCUT2D eigenvalue weighted by Crippen LogP contribution is 2.17. The maximum Gasteiger partial charge on any atom is 0.308 e. The highest BCUT2D eigenvalue weighted by Gasteiger charge is 2.20. The molecule has 22 heavy (non-hydrogen) atoms. The Labute approximate surface area is 129 Å². The van der Waals surface area contributed by atoms with Crippen LogP contribution < -0.4 is 5.32 Å². The van der Waals surface area contributed by atoms with E-state index in [0.29, 0.717) is 12.0 Å². The van der Waals surface area contributed by atoms with Crippen LogP contribution in [0.25, 0.3) is 0 Å². The van der Waals surface area contributed by atoms with Crippen molar-refractivity contribution in [2.45, 2.75) is 32.8 Å². The number of rotatable bonds is 8. The fraction of sp³-hybridized carbons (Fsp3) is 0.500. The number of halogens is 1. The number of carbonyl (C=O) groups is 2. The molecule has 0 saturated heterocycles. The lowest BCUT2D eigenvalue weighted by Gasteiger charge is -2.16. The third-order valence-corrected chi connectivity index (χ3v) is 3.26. The Morgan fingerprint density at radius 2 is 2.00 bits per heavy atom. The van der Waals surface area contributed by atoms with Crippen LogP contribution in [-0.2, 0) is 9.59 Å². The van der Waals surface area contributed by atoms with E-state index in [1.54, 1.807) is 0 Å². The molecule has 0 fully saturated rings. The van der Waals surface area contributed by atoms with Gasteiger partial charge in [0.05, 0.1) is 18.4 Å². The molecule has 2 unspecified atom stereocenters. The first-order valence-electron chi connectivity index (χ1n) is 7.22. The summed E-state index contributed by atoms with van der Waals surface area (Å²) in [6.45, 7) is 3.83. The predicted octanol–water partition coefficient (Wildman–Crippen LogP) is 2.11. The molecule has 3 N–H and O–H groups in total. The summed E-state index contributed by atoms with van der Waals surface area (Å²) in [6, 6.07) is 5.39. The lowest BCUT2D eigenvalue weighted by Crippen LogP contribution is -2.34. The van der Waals surface area contributed by atoms with Gasteiger partial charge in [0, 0.05) is 6.54 Å². The number of carbonyl (C=O) groups excluding carboxylic acids is 1. The van der Waals surface area contributed by atoms with E-state index in [0.717, 1.165) is 6.07 Å². The van der Waals surface area contributed by atoms with Crippen LogP contribution in [0.5, 0.6) is 0 Å². The van der Waals surface area contributed by atoms with Crippen LogP contribution in [0.3, 0.4) is 0 Å². The number of hydrogen-bond donors (Lipinski definition) is 3. The quantitative estimate of drug-likeness (QED) is 0.686. The minimum atomic E-state index is -1.12. The van der Waals surface area contributed by atoms with Crippen molar-refractivity contribution in [3.05, 3.63) is 35.6 Å². The number of carboxylic acids is 1. The minimum Gasteiger partial charge on any atom is -0.481 e. The van der Waals surface area contributed by atoms with E-state index in [1.165, 1.54) is 18.2 Å². The van der Waals surface area contributed by atoms with Crippen LogP contribution in [0.4, 0.5) is 4.39 Å². The zero-order valence-corrected chi connectivity index (χ0v) is 12.8. The molecular weight excluding hydrogens is 289 g/mol. The Balaban J connectivity index is 2.50. The molecule has 1 amide bonds. The Morgan fingerprint density at radius 3 is 2.55 bits per heavy atom. The Hall–Kier alpha value is -1.95. The van der Waals surface area contributed by atoms with Crippen LogP contribution in [0, 0.1) is 17.7 Å². The Kier molecular flexibility index (Phi) is 6.98. The van der Waals surface area contributed by atoms with Gasteiger partial charge in [-0.05, 0) is 30.0 Å². The third kappa shape index (κ3) is 6.22. The van der Waals surface area contributed by atoms with E-state index in [4.69, 9.17) is 5.11 Å². The topological polar surface area (TPSA) is 86.6 Å². The molecule has 0 aliphatic heterocycles. The van der Waals surface area contributed by atoms with Crippen molar-refractivity contribution < 1.29 is 24.2 Å². The Bertz CT molecular complexity index is 519. The number of benzene rings is 1. The normalized spacial score (nSPS) is 13.7. The standard InChI is InChI=1S/C16H22FNO4/c1-10(2)6-12(16(21)22)9-18-15(20)8-14(19)11-4-3-5-13(17)7-11/h3-5,7,10,12,14,19H,6,8-9H2,1-2H3,(H,18,20)(H,21,22). The largest absolute Gasteiger partial charge is 0.481 e. The Morgan fingerprint density at radius 1 is 1.32 bits per heavy atom. The number of aliphatic carboxylic acids is 1. The number of amides is 1. The molecule has 0 heterocycles. The average molecular weight is 311 g/mol. The predicted molar refractivity (Wildman–Crippen MR) is 79.6 cm³/mol. The van der Waals surface area contributed by atoms with Crippen LogP contribution in [0.15, 0.2) is 24.3 Å². The molecule has 6 heteroatoms. The van der Waals surface area contributed by atoms with Gasteiger partial charge in [-0.15, -0.1) is 0 Å². The van der Waals surface area contributed by atoms with Crippen molar-refractivity contribution >= 4 is 11.9 Å². The van der Waals surface area contributed by atoms with Gasteiger partial charge in [0.2, 0.25) is 5.91 Å². The lowest BCUT2D eigenvalue weighted by molar-refractivity contribution is -0.142. The van der Waals surface area contributed by atoms with Crippen LogP contribution in [0.2, 0.25) is 0 Å².